The number of rotatable bonds is 5. The van der Waals surface area contributed by atoms with Crippen molar-refractivity contribution < 1.29 is 8.42 Å². The maximum Gasteiger partial charge on any atom is 0.150 e. The zero-order chi connectivity index (χ0) is 13.9. The molecule has 3 nitrogen and oxygen atoms in total. The van der Waals surface area contributed by atoms with Gasteiger partial charge in [-0.2, -0.15) is 0 Å². The largest absolute Gasteiger partial charge is 0.310 e. The molecule has 1 N–H and O–H groups in total. The van der Waals surface area contributed by atoms with Crippen LogP contribution in [0.25, 0.3) is 0 Å². The summed E-state index contributed by atoms with van der Waals surface area (Å²) in [6.45, 7) is 2.90. The van der Waals surface area contributed by atoms with E-state index in [4.69, 9.17) is 0 Å². The van der Waals surface area contributed by atoms with Crippen molar-refractivity contribution >= 4 is 21.6 Å². The van der Waals surface area contributed by atoms with Crippen molar-refractivity contribution in [3.05, 3.63) is 29.8 Å². The maximum absolute atomic E-state index is 11.4. The second kappa shape index (κ2) is 6.29. The Morgan fingerprint density at radius 2 is 2.05 bits per heavy atom. The SMILES string of the molecule is CSc1ccc(C(C)NCC2CCS(=O)(=O)C2)cc1. The van der Waals surface area contributed by atoms with E-state index in [-0.39, 0.29) is 12.0 Å². The first-order valence-electron chi connectivity index (χ1n) is 6.58. The summed E-state index contributed by atoms with van der Waals surface area (Å²) in [7, 11) is -2.76. The highest BCUT2D eigenvalue weighted by atomic mass is 32.2. The Morgan fingerprint density at radius 3 is 2.58 bits per heavy atom. The Labute approximate surface area is 120 Å². The molecule has 2 unspecified atom stereocenters. The van der Waals surface area contributed by atoms with Gasteiger partial charge in [0, 0.05) is 10.9 Å². The van der Waals surface area contributed by atoms with Gasteiger partial charge < -0.3 is 5.32 Å². The summed E-state index contributed by atoms with van der Waals surface area (Å²) in [5.74, 6) is 0.979. The van der Waals surface area contributed by atoms with Crippen LogP contribution in [-0.4, -0.2) is 32.7 Å². The van der Waals surface area contributed by atoms with Crippen LogP contribution in [0.5, 0.6) is 0 Å². The number of nitrogens with one attached hydrogen (secondary N) is 1. The summed E-state index contributed by atoms with van der Waals surface area (Å²) in [5.41, 5.74) is 1.25. The lowest BCUT2D eigenvalue weighted by molar-refractivity contribution is 0.476. The van der Waals surface area contributed by atoms with Crippen LogP contribution >= 0.6 is 11.8 Å². The number of thioether (sulfide) groups is 1. The molecular weight excluding hydrogens is 278 g/mol. The topological polar surface area (TPSA) is 46.2 Å². The monoisotopic (exact) mass is 299 g/mol. The molecule has 0 aromatic heterocycles. The average Bonchev–Trinajstić information content (AvgIpc) is 2.76. The first-order valence-corrected chi connectivity index (χ1v) is 9.62. The van der Waals surface area contributed by atoms with Gasteiger partial charge in [0.05, 0.1) is 11.5 Å². The summed E-state index contributed by atoms with van der Waals surface area (Å²) < 4.78 is 22.8. The van der Waals surface area contributed by atoms with Crippen LogP contribution in [0.4, 0.5) is 0 Å². The van der Waals surface area contributed by atoms with Gasteiger partial charge in [-0.05, 0) is 49.8 Å². The average molecular weight is 299 g/mol. The van der Waals surface area contributed by atoms with Crippen molar-refractivity contribution in [2.24, 2.45) is 5.92 Å². The summed E-state index contributed by atoms with van der Waals surface area (Å²) >= 11 is 1.74. The molecule has 0 saturated carbocycles. The van der Waals surface area contributed by atoms with E-state index in [0.717, 1.165) is 13.0 Å². The molecular formula is C14H21NO2S2. The van der Waals surface area contributed by atoms with Crippen molar-refractivity contribution in [2.75, 3.05) is 24.3 Å². The zero-order valence-electron chi connectivity index (χ0n) is 11.4. The van der Waals surface area contributed by atoms with E-state index in [1.54, 1.807) is 11.8 Å². The van der Waals surface area contributed by atoms with Crippen molar-refractivity contribution in [2.45, 2.75) is 24.3 Å². The van der Waals surface area contributed by atoms with Crippen LogP contribution in [0, 0.1) is 5.92 Å². The molecule has 1 aliphatic rings. The van der Waals surface area contributed by atoms with E-state index < -0.39 is 9.84 Å². The van der Waals surface area contributed by atoms with E-state index in [2.05, 4.69) is 42.8 Å². The van der Waals surface area contributed by atoms with Crippen molar-refractivity contribution in [3.8, 4) is 0 Å². The first kappa shape index (κ1) is 14.9. The minimum absolute atomic E-state index is 0.263. The molecule has 1 fully saturated rings. The van der Waals surface area contributed by atoms with Gasteiger partial charge in [0.25, 0.3) is 0 Å². The van der Waals surface area contributed by atoms with Crippen LogP contribution in [0.1, 0.15) is 24.9 Å². The van der Waals surface area contributed by atoms with Crippen LogP contribution in [0.3, 0.4) is 0 Å². The fraction of sp³-hybridized carbons (Fsp3) is 0.571. The predicted octanol–water partition coefficient (Wildman–Crippen LogP) is 2.49. The van der Waals surface area contributed by atoms with Gasteiger partial charge in [0.2, 0.25) is 0 Å². The third-order valence-corrected chi connectivity index (χ3v) is 6.24. The fourth-order valence-corrected chi connectivity index (χ4v) is 4.66. The summed E-state index contributed by atoms with van der Waals surface area (Å²) in [6.07, 6.45) is 2.87. The first-order chi connectivity index (χ1) is 9.00. The lowest BCUT2D eigenvalue weighted by Crippen LogP contribution is -2.26. The molecule has 1 heterocycles. The molecule has 106 valence electrons. The van der Waals surface area contributed by atoms with Crippen LogP contribution in [0.2, 0.25) is 0 Å². The highest BCUT2D eigenvalue weighted by Gasteiger charge is 2.27. The molecule has 1 aromatic rings. The number of sulfone groups is 1. The highest BCUT2D eigenvalue weighted by molar-refractivity contribution is 7.98. The summed E-state index contributed by atoms with van der Waals surface area (Å²) in [4.78, 5) is 1.26. The molecule has 1 aromatic carbocycles. The third kappa shape index (κ3) is 4.23. The Hall–Kier alpha value is -0.520. The molecule has 1 aliphatic heterocycles. The maximum atomic E-state index is 11.4. The molecule has 0 bridgehead atoms. The summed E-state index contributed by atoms with van der Waals surface area (Å²) in [6, 6.07) is 8.78. The van der Waals surface area contributed by atoms with Crippen molar-refractivity contribution in [1.82, 2.24) is 5.32 Å². The minimum atomic E-state index is -2.76. The molecule has 0 aliphatic carbocycles. The quantitative estimate of drug-likeness (QED) is 0.849. The van der Waals surface area contributed by atoms with Crippen LogP contribution in [-0.2, 0) is 9.84 Å². The van der Waals surface area contributed by atoms with Crippen LogP contribution in [0.15, 0.2) is 29.2 Å². The number of benzene rings is 1. The van der Waals surface area contributed by atoms with Crippen LogP contribution < -0.4 is 5.32 Å². The van der Waals surface area contributed by atoms with Gasteiger partial charge in [-0.15, -0.1) is 11.8 Å². The standard InChI is InChI=1S/C14H21NO2S2/c1-11(13-3-5-14(18-2)6-4-13)15-9-12-7-8-19(16,17)10-12/h3-6,11-12,15H,7-10H2,1-2H3. The van der Waals surface area contributed by atoms with Gasteiger partial charge in [-0.25, -0.2) is 8.42 Å². The lowest BCUT2D eigenvalue weighted by Gasteiger charge is -2.17. The summed E-state index contributed by atoms with van der Waals surface area (Å²) in [5, 5.41) is 3.44. The predicted molar refractivity (Wildman–Crippen MR) is 81.4 cm³/mol. The van der Waals surface area contributed by atoms with Gasteiger partial charge >= 0.3 is 0 Å². The molecule has 1 saturated heterocycles. The molecule has 0 radical (unpaired) electrons. The van der Waals surface area contributed by atoms with E-state index in [1.165, 1.54) is 10.5 Å². The fourth-order valence-electron chi connectivity index (χ4n) is 2.39. The third-order valence-electron chi connectivity index (χ3n) is 3.66. The van der Waals surface area contributed by atoms with Gasteiger partial charge in [-0.1, -0.05) is 12.1 Å². The van der Waals surface area contributed by atoms with E-state index in [1.807, 2.05) is 0 Å². The molecule has 5 heteroatoms. The van der Waals surface area contributed by atoms with E-state index in [9.17, 15) is 8.42 Å². The van der Waals surface area contributed by atoms with Gasteiger partial charge in [0.15, 0.2) is 9.84 Å². The zero-order valence-corrected chi connectivity index (χ0v) is 13.1. The van der Waals surface area contributed by atoms with Gasteiger partial charge in [0.1, 0.15) is 0 Å². The Kier molecular flexibility index (Phi) is 4.92. The number of hydrogen-bond donors (Lipinski definition) is 1. The second-order valence-electron chi connectivity index (χ2n) is 5.17. The Morgan fingerprint density at radius 1 is 1.37 bits per heavy atom. The highest BCUT2D eigenvalue weighted by Crippen LogP contribution is 2.21. The smallest absolute Gasteiger partial charge is 0.150 e. The molecule has 0 amide bonds. The lowest BCUT2D eigenvalue weighted by atomic mass is 10.1. The van der Waals surface area contributed by atoms with E-state index in [0.29, 0.717) is 11.5 Å². The van der Waals surface area contributed by atoms with Crippen molar-refractivity contribution in [3.63, 3.8) is 0 Å². The molecule has 2 rings (SSSR count). The molecule has 2 atom stereocenters. The minimum Gasteiger partial charge on any atom is -0.310 e. The van der Waals surface area contributed by atoms with E-state index >= 15 is 0 Å². The second-order valence-corrected chi connectivity index (χ2v) is 8.28. The Bertz CT molecular complexity index is 511. The van der Waals surface area contributed by atoms with Gasteiger partial charge in [-0.3, -0.25) is 0 Å². The number of hydrogen-bond acceptors (Lipinski definition) is 4. The van der Waals surface area contributed by atoms with Crippen molar-refractivity contribution in [1.29, 1.82) is 0 Å². The Balaban J connectivity index is 1.85. The normalized spacial score (nSPS) is 23.4. The molecule has 0 spiro atoms. The molecule has 19 heavy (non-hydrogen) atoms.